The highest BCUT2D eigenvalue weighted by Crippen LogP contribution is 2.44. The first-order valence-electron chi connectivity index (χ1n) is 11.7. The van der Waals surface area contributed by atoms with E-state index in [2.05, 4.69) is 10.3 Å². The Morgan fingerprint density at radius 1 is 1.16 bits per heavy atom. The Labute approximate surface area is 223 Å². The molecule has 0 radical (unpaired) electrons. The number of rotatable bonds is 8. The Bertz CT molecular complexity index is 1280. The van der Waals surface area contributed by atoms with Gasteiger partial charge >= 0.3 is 12.1 Å². The molecular weight excluding hydrogens is 518 g/mol. The van der Waals surface area contributed by atoms with Crippen LogP contribution in [0.2, 0.25) is 5.02 Å². The summed E-state index contributed by atoms with van der Waals surface area (Å²) < 4.78 is 16.4. The fraction of sp³-hybridized carbons (Fsp3) is 0.308. The van der Waals surface area contributed by atoms with E-state index < -0.39 is 18.1 Å². The van der Waals surface area contributed by atoms with Crippen LogP contribution in [-0.4, -0.2) is 47.6 Å². The van der Waals surface area contributed by atoms with Gasteiger partial charge in [0.2, 0.25) is 5.91 Å². The number of ether oxygens (including phenoxy) is 3. The molecule has 9 nitrogen and oxygen atoms in total. The summed E-state index contributed by atoms with van der Waals surface area (Å²) in [7, 11) is 0. The molecule has 0 bridgehead atoms. The van der Waals surface area contributed by atoms with Crippen LogP contribution in [0.15, 0.2) is 48.5 Å². The molecule has 0 saturated heterocycles. The molecule has 4 rings (SSSR count). The largest absolute Gasteiger partial charge is 0.482 e. The molecule has 0 spiro atoms. The number of amides is 2. The van der Waals surface area contributed by atoms with E-state index in [-0.39, 0.29) is 25.7 Å². The second kappa shape index (κ2) is 12.1. The molecule has 2 aromatic carbocycles. The van der Waals surface area contributed by atoms with Crippen LogP contribution in [0.4, 0.5) is 9.93 Å². The molecule has 1 aliphatic heterocycles. The van der Waals surface area contributed by atoms with Crippen LogP contribution in [0.25, 0.3) is 0 Å². The zero-order valence-corrected chi connectivity index (χ0v) is 21.9. The molecule has 2 amide bonds. The number of fused-ring (bicyclic) bond motifs is 1. The highest BCUT2D eigenvalue weighted by atomic mass is 35.5. The van der Waals surface area contributed by atoms with Crippen molar-refractivity contribution in [2.75, 3.05) is 25.1 Å². The van der Waals surface area contributed by atoms with Crippen molar-refractivity contribution in [1.82, 2.24) is 9.88 Å². The Morgan fingerprint density at radius 2 is 1.95 bits per heavy atom. The van der Waals surface area contributed by atoms with E-state index in [1.807, 2.05) is 30.3 Å². The van der Waals surface area contributed by atoms with Crippen molar-refractivity contribution in [2.45, 2.75) is 32.9 Å². The van der Waals surface area contributed by atoms with E-state index in [4.69, 9.17) is 25.8 Å². The van der Waals surface area contributed by atoms with E-state index in [0.717, 1.165) is 16.1 Å². The van der Waals surface area contributed by atoms with E-state index in [9.17, 15) is 14.4 Å². The maximum Gasteiger partial charge on any atom is 0.410 e. The summed E-state index contributed by atoms with van der Waals surface area (Å²) in [5.74, 6) is -0.397. The molecule has 1 N–H and O–H groups in total. The van der Waals surface area contributed by atoms with Gasteiger partial charge in [-0.05, 0) is 30.7 Å². The zero-order chi connectivity index (χ0) is 26.4. The molecule has 1 aliphatic rings. The van der Waals surface area contributed by atoms with Gasteiger partial charge in [-0.1, -0.05) is 53.3 Å². The lowest BCUT2D eigenvalue weighted by Crippen LogP contribution is -2.40. The lowest BCUT2D eigenvalue weighted by Gasteiger charge is -2.35. The predicted octanol–water partition coefficient (Wildman–Crippen LogP) is 4.98. The average molecular weight is 544 g/mol. The van der Waals surface area contributed by atoms with Gasteiger partial charge in [0.1, 0.15) is 18.4 Å². The summed E-state index contributed by atoms with van der Waals surface area (Å²) >= 11 is 7.63. The molecule has 0 aliphatic carbocycles. The number of hydrogen-bond acceptors (Lipinski definition) is 8. The van der Waals surface area contributed by atoms with Crippen molar-refractivity contribution < 1.29 is 28.6 Å². The lowest BCUT2D eigenvalue weighted by atomic mass is 9.97. The maximum atomic E-state index is 13.4. The number of anilines is 1. The second-order valence-corrected chi connectivity index (χ2v) is 9.64. The summed E-state index contributed by atoms with van der Waals surface area (Å²) in [4.78, 5) is 43.9. The minimum absolute atomic E-state index is 0.108. The number of nitrogens with one attached hydrogen (secondary N) is 1. The van der Waals surface area contributed by atoms with Gasteiger partial charge in [-0.15, -0.1) is 0 Å². The smallest absolute Gasteiger partial charge is 0.410 e. The Balaban J connectivity index is 1.70. The average Bonchev–Trinajstić information content (AvgIpc) is 3.28. The van der Waals surface area contributed by atoms with Crippen LogP contribution >= 0.6 is 22.9 Å². The molecule has 194 valence electrons. The third-order valence-corrected chi connectivity index (χ3v) is 6.82. The van der Waals surface area contributed by atoms with Gasteiger partial charge in [0.25, 0.3) is 0 Å². The number of halogens is 1. The van der Waals surface area contributed by atoms with E-state index in [1.54, 1.807) is 30.0 Å². The summed E-state index contributed by atoms with van der Waals surface area (Å²) in [5, 5.41) is 3.57. The molecule has 0 saturated carbocycles. The van der Waals surface area contributed by atoms with Gasteiger partial charge in [-0.2, -0.15) is 0 Å². The molecule has 1 aromatic heterocycles. The minimum Gasteiger partial charge on any atom is -0.482 e. The summed E-state index contributed by atoms with van der Waals surface area (Å²) in [6.07, 6.45) is -0.0487. The fourth-order valence-electron chi connectivity index (χ4n) is 3.97. The number of hydrogen-bond donors (Lipinski definition) is 1. The van der Waals surface area contributed by atoms with Crippen molar-refractivity contribution in [1.29, 1.82) is 0 Å². The second-order valence-electron chi connectivity index (χ2n) is 8.17. The van der Waals surface area contributed by atoms with E-state index in [0.29, 0.717) is 34.4 Å². The van der Waals surface area contributed by atoms with E-state index >= 15 is 0 Å². The molecule has 3 aromatic rings. The molecule has 2 heterocycles. The predicted molar refractivity (Wildman–Crippen MR) is 139 cm³/mol. The SMILES string of the molecule is CCOC(=O)COc1ccc(Cl)cc1C1c2sc(NC(C)=O)nc2CCN1C(=O)OCc1ccccc1. The maximum absolute atomic E-state index is 13.4. The molecule has 1 unspecified atom stereocenters. The van der Waals surface area contributed by atoms with Gasteiger partial charge in [0.15, 0.2) is 11.7 Å². The monoisotopic (exact) mass is 543 g/mol. The number of carbonyl (C=O) groups excluding carboxylic acids is 3. The lowest BCUT2D eigenvalue weighted by molar-refractivity contribution is -0.145. The van der Waals surface area contributed by atoms with Crippen molar-refractivity contribution in [3.8, 4) is 5.75 Å². The van der Waals surface area contributed by atoms with Gasteiger partial charge < -0.3 is 19.5 Å². The normalized spacial score (nSPS) is 14.5. The third kappa shape index (κ3) is 6.58. The molecular formula is C26H26ClN3O6S. The highest BCUT2D eigenvalue weighted by molar-refractivity contribution is 7.16. The first kappa shape index (κ1) is 26.4. The zero-order valence-electron chi connectivity index (χ0n) is 20.4. The van der Waals surface area contributed by atoms with Crippen LogP contribution in [0.3, 0.4) is 0 Å². The Hall–Kier alpha value is -3.63. The van der Waals surface area contributed by atoms with Crippen molar-refractivity contribution in [3.63, 3.8) is 0 Å². The standard InChI is InChI=1S/C26H26ClN3O6S/c1-3-34-22(32)15-35-21-10-9-18(27)13-19(21)23-24-20(29-25(37-24)28-16(2)31)11-12-30(23)26(33)36-14-17-7-5-4-6-8-17/h4-10,13,23H,3,11-12,14-15H2,1-2H3,(H,28,29,31). The van der Waals surface area contributed by atoms with Gasteiger partial charge in [-0.25, -0.2) is 14.6 Å². The number of benzene rings is 2. The number of aromatic nitrogens is 1. The van der Waals surface area contributed by atoms with Crippen molar-refractivity contribution in [2.24, 2.45) is 0 Å². The van der Waals surface area contributed by atoms with Gasteiger partial charge in [0, 0.05) is 30.5 Å². The van der Waals surface area contributed by atoms with Crippen LogP contribution in [0.1, 0.15) is 41.6 Å². The highest BCUT2D eigenvalue weighted by Gasteiger charge is 2.38. The first-order valence-corrected chi connectivity index (χ1v) is 12.9. The number of carbonyl (C=O) groups is 3. The number of thiazole rings is 1. The molecule has 0 fully saturated rings. The van der Waals surface area contributed by atoms with Crippen molar-refractivity contribution >= 4 is 46.0 Å². The Kier molecular flexibility index (Phi) is 8.62. The number of esters is 1. The Morgan fingerprint density at radius 3 is 2.68 bits per heavy atom. The van der Waals surface area contributed by atoms with Crippen molar-refractivity contribution in [3.05, 3.63) is 75.3 Å². The number of nitrogens with zero attached hydrogens (tertiary/aromatic N) is 2. The quantitative estimate of drug-likeness (QED) is 0.399. The minimum atomic E-state index is -0.664. The molecule has 1 atom stereocenters. The molecule has 11 heteroatoms. The van der Waals surface area contributed by atoms with Crippen LogP contribution < -0.4 is 10.1 Å². The van der Waals surface area contributed by atoms with Gasteiger partial charge in [-0.3, -0.25) is 9.69 Å². The summed E-state index contributed by atoms with van der Waals surface area (Å²) in [5.41, 5.74) is 2.17. The first-order chi connectivity index (χ1) is 17.9. The molecule has 37 heavy (non-hydrogen) atoms. The summed E-state index contributed by atoms with van der Waals surface area (Å²) in [6.45, 7) is 3.47. The van der Waals surface area contributed by atoms with E-state index in [1.165, 1.54) is 18.3 Å². The van der Waals surface area contributed by atoms with Crippen LogP contribution in [0.5, 0.6) is 5.75 Å². The van der Waals surface area contributed by atoms with Crippen LogP contribution in [-0.2, 0) is 32.1 Å². The van der Waals surface area contributed by atoms with Gasteiger partial charge in [0.05, 0.1) is 17.2 Å². The fourth-order valence-corrected chi connectivity index (χ4v) is 5.34. The van der Waals surface area contributed by atoms with Crippen LogP contribution in [0, 0.1) is 0 Å². The summed E-state index contributed by atoms with van der Waals surface area (Å²) in [6, 6.07) is 13.7. The third-order valence-electron chi connectivity index (χ3n) is 5.52. The topological polar surface area (TPSA) is 107 Å².